The highest BCUT2D eigenvalue weighted by Gasteiger charge is 2.10. The van der Waals surface area contributed by atoms with Crippen LogP contribution in [-0.2, 0) is 7.05 Å². The first-order valence-electron chi connectivity index (χ1n) is 4.82. The number of anilines is 1. The molecule has 2 rings (SSSR count). The molecule has 0 aliphatic heterocycles. The van der Waals surface area contributed by atoms with Crippen molar-refractivity contribution >= 4 is 5.69 Å². The quantitative estimate of drug-likeness (QED) is 0.573. The van der Waals surface area contributed by atoms with E-state index >= 15 is 0 Å². The Balaban J connectivity index is 2.73. The summed E-state index contributed by atoms with van der Waals surface area (Å²) in [4.78, 5) is 12.0. The highest BCUT2D eigenvalue weighted by Crippen LogP contribution is 2.21. The predicted octanol–water partition coefficient (Wildman–Crippen LogP) is 0.733. The van der Waals surface area contributed by atoms with E-state index in [0.717, 1.165) is 5.56 Å². The Labute approximate surface area is 92.5 Å². The number of hydrogen-bond acceptors (Lipinski definition) is 4. The fraction of sp³-hybridized carbons (Fsp3) is 0.0909. The van der Waals surface area contributed by atoms with Gasteiger partial charge in [-0.25, -0.2) is 4.68 Å². The lowest BCUT2D eigenvalue weighted by atomic mass is 10.1. The smallest absolute Gasteiger partial charge is 0.276 e. The zero-order chi connectivity index (χ0) is 11.5. The van der Waals surface area contributed by atoms with Gasteiger partial charge in [-0.1, -0.05) is 30.3 Å². The number of aryl methyl sites for hydroxylation is 1. The van der Waals surface area contributed by atoms with E-state index in [4.69, 9.17) is 5.84 Å². The highest BCUT2D eigenvalue weighted by molar-refractivity contribution is 5.75. The second kappa shape index (κ2) is 4.16. The Morgan fingerprint density at radius 3 is 2.62 bits per heavy atom. The fourth-order valence-corrected chi connectivity index (χ4v) is 1.53. The van der Waals surface area contributed by atoms with Gasteiger partial charge in [-0.05, 0) is 5.56 Å². The summed E-state index contributed by atoms with van der Waals surface area (Å²) in [5, 5.41) is 3.90. The second-order valence-electron chi connectivity index (χ2n) is 3.37. The summed E-state index contributed by atoms with van der Waals surface area (Å²) in [6.45, 7) is 0. The van der Waals surface area contributed by atoms with E-state index in [0.29, 0.717) is 11.3 Å². The third-order valence-electron chi connectivity index (χ3n) is 2.36. The van der Waals surface area contributed by atoms with Gasteiger partial charge in [0.25, 0.3) is 5.56 Å². The van der Waals surface area contributed by atoms with Crippen molar-refractivity contribution in [3.05, 3.63) is 46.9 Å². The average molecular weight is 216 g/mol. The Hall–Kier alpha value is -2.14. The van der Waals surface area contributed by atoms with Crippen LogP contribution in [0.15, 0.2) is 41.3 Å². The number of hydrogen-bond donors (Lipinski definition) is 2. The van der Waals surface area contributed by atoms with Crippen molar-refractivity contribution in [2.75, 3.05) is 5.43 Å². The van der Waals surface area contributed by atoms with Crippen molar-refractivity contribution in [1.29, 1.82) is 0 Å². The average Bonchev–Trinajstić information content (AvgIpc) is 2.33. The zero-order valence-electron chi connectivity index (χ0n) is 8.84. The largest absolute Gasteiger partial charge is 0.322 e. The van der Waals surface area contributed by atoms with E-state index in [1.54, 1.807) is 7.05 Å². The van der Waals surface area contributed by atoms with Gasteiger partial charge < -0.3 is 5.43 Å². The third kappa shape index (κ3) is 1.68. The molecule has 16 heavy (non-hydrogen) atoms. The summed E-state index contributed by atoms with van der Waals surface area (Å²) in [7, 11) is 1.61. The van der Waals surface area contributed by atoms with Crippen LogP contribution in [-0.4, -0.2) is 9.78 Å². The Kier molecular flexibility index (Phi) is 2.70. The number of nitrogen functional groups attached to an aromatic ring is 1. The molecule has 1 heterocycles. The van der Waals surface area contributed by atoms with Crippen LogP contribution < -0.4 is 16.8 Å². The maximum atomic E-state index is 12.0. The molecule has 1 aromatic carbocycles. The maximum Gasteiger partial charge on any atom is 0.276 e. The number of hydrazine groups is 1. The predicted molar refractivity (Wildman–Crippen MR) is 62.7 cm³/mol. The number of nitrogens with two attached hydrogens (primary N) is 1. The van der Waals surface area contributed by atoms with E-state index < -0.39 is 0 Å². The van der Waals surface area contributed by atoms with E-state index in [9.17, 15) is 4.79 Å². The Bertz CT molecular complexity index is 548. The molecule has 3 N–H and O–H groups in total. The number of benzene rings is 1. The van der Waals surface area contributed by atoms with Crippen molar-refractivity contribution in [3.8, 4) is 11.1 Å². The molecule has 0 amide bonds. The summed E-state index contributed by atoms with van der Waals surface area (Å²) in [5.74, 6) is 5.37. The lowest BCUT2D eigenvalue weighted by Gasteiger charge is -2.08. The van der Waals surface area contributed by atoms with Gasteiger partial charge >= 0.3 is 0 Å². The number of nitrogens with one attached hydrogen (secondary N) is 1. The molecule has 1 aromatic heterocycles. The standard InChI is InChI=1S/C11H12N4O/c1-15-11(16)10(9(14-12)7-13-15)8-5-3-2-4-6-8/h2-7,14H,12H2,1H3. The molecule has 0 spiro atoms. The molecule has 0 saturated heterocycles. The molecule has 0 unspecified atom stereocenters. The van der Waals surface area contributed by atoms with Crippen LogP contribution in [0.2, 0.25) is 0 Å². The van der Waals surface area contributed by atoms with Gasteiger partial charge in [-0.15, -0.1) is 0 Å². The second-order valence-corrected chi connectivity index (χ2v) is 3.37. The van der Waals surface area contributed by atoms with Crippen LogP contribution in [0.1, 0.15) is 0 Å². The van der Waals surface area contributed by atoms with Gasteiger partial charge in [0.05, 0.1) is 17.4 Å². The SMILES string of the molecule is Cn1ncc(NN)c(-c2ccccc2)c1=O. The van der Waals surface area contributed by atoms with Crippen LogP contribution in [0, 0.1) is 0 Å². The molecule has 82 valence electrons. The normalized spacial score (nSPS) is 10.1. The molecule has 5 heteroatoms. The van der Waals surface area contributed by atoms with Gasteiger partial charge in [-0.2, -0.15) is 5.10 Å². The van der Waals surface area contributed by atoms with Crippen molar-refractivity contribution in [2.45, 2.75) is 0 Å². The number of aromatic nitrogens is 2. The van der Waals surface area contributed by atoms with Crippen molar-refractivity contribution in [3.63, 3.8) is 0 Å². The molecular weight excluding hydrogens is 204 g/mol. The minimum atomic E-state index is -0.179. The van der Waals surface area contributed by atoms with Crippen LogP contribution in [0.4, 0.5) is 5.69 Å². The molecule has 0 bridgehead atoms. The molecule has 0 atom stereocenters. The van der Waals surface area contributed by atoms with Gasteiger partial charge in [-0.3, -0.25) is 10.6 Å². The van der Waals surface area contributed by atoms with E-state index in [2.05, 4.69) is 10.5 Å². The first kappa shape index (κ1) is 10.4. The molecular formula is C11H12N4O. The summed E-state index contributed by atoms with van der Waals surface area (Å²) in [5.41, 5.74) is 4.18. The summed E-state index contributed by atoms with van der Waals surface area (Å²) < 4.78 is 1.28. The molecule has 0 radical (unpaired) electrons. The summed E-state index contributed by atoms with van der Waals surface area (Å²) in [6, 6.07) is 9.35. The van der Waals surface area contributed by atoms with Gasteiger partial charge in [0, 0.05) is 7.05 Å². The first-order valence-corrected chi connectivity index (χ1v) is 4.82. The number of rotatable bonds is 2. The van der Waals surface area contributed by atoms with Gasteiger partial charge in [0.2, 0.25) is 0 Å². The van der Waals surface area contributed by atoms with Crippen molar-refractivity contribution in [1.82, 2.24) is 9.78 Å². The minimum absolute atomic E-state index is 0.179. The minimum Gasteiger partial charge on any atom is -0.322 e. The van der Waals surface area contributed by atoms with Crippen molar-refractivity contribution in [2.24, 2.45) is 12.9 Å². The lowest BCUT2D eigenvalue weighted by Crippen LogP contribution is -2.24. The highest BCUT2D eigenvalue weighted by atomic mass is 16.1. The van der Waals surface area contributed by atoms with Crippen LogP contribution >= 0.6 is 0 Å². The molecule has 5 nitrogen and oxygen atoms in total. The fourth-order valence-electron chi connectivity index (χ4n) is 1.53. The van der Waals surface area contributed by atoms with Crippen LogP contribution in [0.25, 0.3) is 11.1 Å². The lowest BCUT2D eigenvalue weighted by molar-refractivity contribution is 0.710. The summed E-state index contributed by atoms with van der Waals surface area (Å²) >= 11 is 0. The third-order valence-corrected chi connectivity index (χ3v) is 2.36. The topological polar surface area (TPSA) is 72.9 Å². The molecule has 0 aliphatic carbocycles. The van der Waals surface area contributed by atoms with E-state index in [-0.39, 0.29) is 5.56 Å². The summed E-state index contributed by atoms with van der Waals surface area (Å²) in [6.07, 6.45) is 1.53. The molecule has 0 aliphatic rings. The molecule has 0 fully saturated rings. The number of nitrogens with zero attached hydrogens (tertiary/aromatic N) is 2. The van der Waals surface area contributed by atoms with E-state index in [1.807, 2.05) is 30.3 Å². The van der Waals surface area contributed by atoms with Crippen LogP contribution in [0.5, 0.6) is 0 Å². The Morgan fingerprint density at radius 1 is 1.31 bits per heavy atom. The molecule has 0 saturated carbocycles. The monoisotopic (exact) mass is 216 g/mol. The van der Waals surface area contributed by atoms with Crippen LogP contribution in [0.3, 0.4) is 0 Å². The Morgan fingerprint density at radius 2 is 2.00 bits per heavy atom. The zero-order valence-corrected chi connectivity index (χ0v) is 8.84. The van der Waals surface area contributed by atoms with Gasteiger partial charge in [0.1, 0.15) is 0 Å². The van der Waals surface area contributed by atoms with E-state index in [1.165, 1.54) is 10.9 Å². The van der Waals surface area contributed by atoms with Gasteiger partial charge in [0.15, 0.2) is 0 Å². The maximum absolute atomic E-state index is 12.0. The first-order chi connectivity index (χ1) is 7.74. The molecule has 2 aromatic rings. The van der Waals surface area contributed by atoms with Crippen molar-refractivity contribution < 1.29 is 0 Å².